The zero-order chi connectivity index (χ0) is 15.2. The topological polar surface area (TPSA) is 34.1 Å². The van der Waals surface area contributed by atoms with Crippen LogP contribution in [0.2, 0.25) is 0 Å². The van der Waals surface area contributed by atoms with E-state index in [2.05, 4.69) is 19.9 Å². The van der Waals surface area contributed by atoms with Gasteiger partial charge in [-0.3, -0.25) is 9.59 Å². The highest BCUT2D eigenvalue weighted by molar-refractivity contribution is 6.04. The lowest BCUT2D eigenvalue weighted by Gasteiger charge is -2.19. The van der Waals surface area contributed by atoms with Crippen LogP contribution < -0.4 is 0 Å². The summed E-state index contributed by atoms with van der Waals surface area (Å²) in [4.78, 5) is 23.8. The zero-order valence-corrected chi connectivity index (χ0v) is 12.6. The Morgan fingerprint density at radius 3 is 2.48 bits per heavy atom. The summed E-state index contributed by atoms with van der Waals surface area (Å²) in [5.41, 5.74) is 4.44. The van der Waals surface area contributed by atoms with Crippen LogP contribution >= 0.6 is 0 Å². The van der Waals surface area contributed by atoms with Crippen LogP contribution in [-0.2, 0) is 5.41 Å². The lowest BCUT2D eigenvalue weighted by molar-refractivity contribution is 0.0977. The molecule has 2 aromatic carbocycles. The van der Waals surface area contributed by atoms with Crippen LogP contribution in [0.1, 0.15) is 53.5 Å². The molecule has 0 bridgehead atoms. The van der Waals surface area contributed by atoms with Crippen molar-refractivity contribution in [2.45, 2.75) is 32.6 Å². The van der Waals surface area contributed by atoms with Gasteiger partial charge in [-0.15, -0.1) is 0 Å². The van der Waals surface area contributed by atoms with Gasteiger partial charge >= 0.3 is 0 Å². The van der Waals surface area contributed by atoms with Crippen molar-refractivity contribution in [1.82, 2.24) is 0 Å². The summed E-state index contributed by atoms with van der Waals surface area (Å²) in [5.74, 6) is 0.267. The monoisotopic (exact) mass is 278 g/mol. The SMILES string of the molecule is CC(=O)c1ccccc1-c1ccc2c(c1)C(C)(C)CC2=O. The Morgan fingerprint density at radius 1 is 1.05 bits per heavy atom. The third kappa shape index (κ3) is 2.21. The molecule has 0 saturated heterocycles. The Hall–Kier alpha value is -2.22. The minimum absolute atomic E-state index is 0.0569. The third-order valence-corrected chi connectivity index (χ3v) is 4.27. The van der Waals surface area contributed by atoms with Crippen LogP contribution in [-0.4, -0.2) is 11.6 Å². The van der Waals surface area contributed by atoms with Gasteiger partial charge in [0.15, 0.2) is 11.6 Å². The first-order valence-corrected chi connectivity index (χ1v) is 7.18. The number of carbonyl (C=O) groups is 2. The number of ketones is 2. The predicted molar refractivity (Wildman–Crippen MR) is 83.9 cm³/mol. The molecule has 0 aromatic heterocycles. The van der Waals surface area contributed by atoms with Crippen LogP contribution in [0.5, 0.6) is 0 Å². The molecule has 0 N–H and O–H groups in total. The molecule has 0 amide bonds. The summed E-state index contributed by atoms with van der Waals surface area (Å²) in [5, 5.41) is 0. The maximum atomic E-state index is 12.0. The summed E-state index contributed by atoms with van der Waals surface area (Å²) < 4.78 is 0. The molecule has 3 rings (SSSR count). The van der Waals surface area contributed by atoms with Crippen molar-refractivity contribution >= 4 is 11.6 Å². The fraction of sp³-hybridized carbons (Fsp3) is 0.263. The Balaban J connectivity index is 2.19. The van der Waals surface area contributed by atoms with Crippen LogP contribution in [0.15, 0.2) is 42.5 Å². The van der Waals surface area contributed by atoms with Gasteiger partial charge in [0.05, 0.1) is 0 Å². The molecule has 106 valence electrons. The summed E-state index contributed by atoms with van der Waals surface area (Å²) in [7, 11) is 0. The number of hydrogen-bond donors (Lipinski definition) is 0. The standard InChI is InChI=1S/C19H18O2/c1-12(20)14-6-4-5-7-15(14)13-8-9-16-17(10-13)19(2,3)11-18(16)21/h4-10H,11H2,1-3H3. The molecule has 0 fully saturated rings. The second-order valence-corrected chi connectivity index (χ2v) is 6.35. The third-order valence-electron chi connectivity index (χ3n) is 4.27. The molecule has 2 heteroatoms. The minimum atomic E-state index is -0.131. The molecule has 1 aliphatic carbocycles. The average Bonchev–Trinajstić information content (AvgIpc) is 2.68. The number of rotatable bonds is 2. The van der Waals surface area contributed by atoms with E-state index in [1.54, 1.807) is 6.92 Å². The second kappa shape index (κ2) is 4.66. The molecular formula is C19H18O2. The average molecular weight is 278 g/mol. The lowest BCUT2D eigenvalue weighted by Crippen LogP contribution is -2.12. The largest absolute Gasteiger partial charge is 0.294 e. The van der Waals surface area contributed by atoms with E-state index in [1.165, 1.54) is 0 Å². The van der Waals surface area contributed by atoms with E-state index in [4.69, 9.17) is 0 Å². The van der Waals surface area contributed by atoms with Crippen molar-refractivity contribution in [1.29, 1.82) is 0 Å². The predicted octanol–water partition coefficient (Wildman–Crippen LogP) is 4.42. The smallest absolute Gasteiger partial charge is 0.164 e. The molecular weight excluding hydrogens is 260 g/mol. The fourth-order valence-electron chi connectivity index (χ4n) is 3.15. The molecule has 0 radical (unpaired) electrons. The molecule has 0 atom stereocenters. The van der Waals surface area contributed by atoms with Gasteiger partial charge in [0.1, 0.15) is 0 Å². The van der Waals surface area contributed by atoms with Crippen molar-refractivity contribution in [2.24, 2.45) is 0 Å². The van der Waals surface area contributed by atoms with Gasteiger partial charge in [-0.1, -0.05) is 50.2 Å². The van der Waals surface area contributed by atoms with Gasteiger partial charge in [0.25, 0.3) is 0 Å². The quantitative estimate of drug-likeness (QED) is 0.762. The van der Waals surface area contributed by atoms with Crippen molar-refractivity contribution in [3.8, 4) is 11.1 Å². The van der Waals surface area contributed by atoms with E-state index in [-0.39, 0.29) is 17.0 Å². The number of Topliss-reactive ketones (excluding diaryl/α,β-unsaturated/α-hetero) is 2. The summed E-state index contributed by atoms with van der Waals surface area (Å²) >= 11 is 0. The van der Waals surface area contributed by atoms with E-state index in [0.29, 0.717) is 6.42 Å². The Kier molecular flexibility index (Phi) is 3.05. The first-order valence-electron chi connectivity index (χ1n) is 7.18. The summed E-state index contributed by atoms with van der Waals surface area (Å²) in [6, 6.07) is 13.5. The van der Waals surface area contributed by atoms with Crippen molar-refractivity contribution in [3.63, 3.8) is 0 Å². The van der Waals surface area contributed by atoms with Gasteiger partial charge in [0.2, 0.25) is 0 Å². The van der Waals surface area contributed by atoms with Gasteiger partial charge in [-0.25, -0.2) is 0 Å². The Morgan fingerprint density at radius 2 is 1.76 bits per heavy atom. The van der Waals surface area contributed by atoms with Crippen molar-refractivity contribution < 1.29 is 9.59 Å². The zero-order valence-electron chi connectivity index (χ0n) is 12.6. The van der Waals surface area contributed by atoms with Crippen molar-refractivity contribution in [2.75, 3.05) is 0 Å². The van der Waals surface area contributed by atoms with Gasteiger partial charge in [-0.05, 0) is 35.1 Å². The van der Waals surface area contributed by atoms with Crippen LogP contribution in [0, 0.1) is 0 Å². The highest BCUT2D eigenvalue weighted by Crippen LogP contribution is 2.40. The minimum Gasteiger partial charge on any atom is -0.294 e. The molecule has 2 nitrogen and oxygen atoms in total. The van der Waals surface area contributed by atoms with E-state index in [1.807, 2.05) is 36.4 Å². The number of benzene rings is 2. The normalized spacial score (nSPS) is 15.9. The highest BCUT2D eigenvalue weighted by Gasteiger charge is 2.35. The number of hydrogen-bond acceptors (Lipinski definition) is 2. The van der Waals surface area contributed by atoms with Gasteiger partial charge < -0.3 is 0 Å². The molecule has 2 aromatic rings. The molecule has 0 unspecified atom stereocenters. The van der Waals surface area contributed by atoms with E-state index in [9.17, 15) is 9.59 Å². The highest BCUT2D eigenvalue weighted by atomic mass is 16.1. The van der Waals surface area contributed by atoms with Gasteiger partial charge in [-0.2, -0.15) is 0 Å². The summed E-state index contributed by atoms with van der Waals surface area (Å²) in [6.07, 6.45) is 0.556. The second-order valence-electron chi connectivity index (χ2n) is 6.35. The van der Waals surface area contributed by atoms with Crippen LogP contribution in [0.25, 0.3) is 11.1 Å². The molecule has 0 aliphatic heterocycles. The maximum Gasteiger partial charge on any atom is 0.164 e. The molecule has 1 aliphatic rings. The molecule has 0 saturated carbocycles. The number of carbonyl (C=O) groups excluding carboxylic acids is 2. The van der Waals surface area contributed by atoms with Crippen LogP contribution in [0.4, 0.5) is 0 Å². The summed E-state index contributed by atoms with van der Waals surface area (Å²) in [6.45, 7) is 5.77. The number of fused-ring (bicyclic) bond motifs is 1. The van der Waals surface area contributed by atoms with Gasteiger partial charge in [0, 0.05) is 17.5 Å². The molecule has 0 heterocycles. The first kappa shape index (κ1) is 13.7. The van der Waals surface area contributed by atoms with Crippen molar-refractivity contribution in [3.05, 3.63) is 59.2 Å². The first-order chi connectivity index (χ1) is 9.90. The van der Waals surface area contributed by atoms with Crippen LogP contribution in [0.3, 0.4) is 0 Å². The van der Waals surface area contributed by atoms with E-state index >= 15 is 0 Å². The Labute approximate surface area is 124 Å². The maximum absolute atomic E-state index is 12.0. The molecule has 0 spiro atoms. The Bertz CT molecular complexity index is 754. The van der Waals surface area contributed by atoms with E-state index < -0.39 is 0 Å². The van der Waals surface area contributed by atoms with E-state index in [0.717, 1.165) is 27.8 Å². The molecule has 21 heavy (non-hydrogen) atoms. The fourth-order valence-corrected chi connectivity index (χ4v) is 3.15. The lowest BCUT2D eigenvalue weighted by atomic mass is 9.84.